The number of benzene rings is 2. The quantitative estimate of drug-likeness (QED) is 0.271. The number of nitrogens with one attached hydrogen (secondary N) is 1. The molecule has 0 amide bonds. The lowest BCUT2D eigenvalue weighted by Gasteiger charge is -2.11. The summed E-state index contributed by atoms with van der Waals surface area (Å²) in [6.45, 7) is 0.295. The number of hydrogen-bond acceptors (Lipinski definition) is 4. The number of anilines is 1. The lowest BCUT2D eigenvalue weighted by atomic mass is 10.3. The number of nitrogens with two attached hydrogens (primary N) is 1. The maximum atomic E-state index is 9.93. The van der Waals surface area contributed by atoms with Crippen molar-refractivity contribution in [3.63, 3.8) is 0 Å². The highest BCUT2D eigenvalue weighted by atomic mass is 127. The van der Waals surface area contributed by atoms with E-state index in [2.05, 4.69) is 32.9 Å². The molecule has 2 rings (SSSR count). The van der Waals surface area contributed by atoms with Crippen LogP contribution in [0.5, 0.6) is 11.5 Å². The van der Waals surface area contributed by atoms with Crippen LogP contribution in [0.25, 0.3) is 0 Å². The Morgan fingerprint density at radius 2 is 1.96 bits per heavy atom. The average molecular weight is 569 g/mol. The molecular weight excluding hydrogens is 548 g/mol. The van der Waals surface area contributed by atoms with Gasteiger partial charge >= 0.3 is 0 Å². The smallest absolute Gasteiger partial charge is 0.193 e. The first-order valence-electron chi connectivity index (χ1n) is 7.34. The van der Waals surface area contributed by atoms with E-state index in [1.54, 1.807) is 13.2 Å². The molecule has 6 nitrogen and oxygen atoms in total. The summed E-state index contributed by atoms with van der Waals surface area (Å²) in [4.78, 5) is 4.11. The van der Waals surface area contributed by atoms with E-state index in [1.807, 2.05) is 42.5 Å². The molecule has 0 saturated carbocycles. The zero-order chi connectivity index (χ0) is 17.4. The van der Waals surface area contributed by atoms with E-state index < -0.39 is 6.10 Å². The Labute approximate surface area is 178 Å². The third-order valence-electron chi connectivity index (χ3n) is 3.07. The van der Waals surface area contributed by atoms with Gasteiger partial charge in [0, 0.05) is 15.3 Å². The summed E-state index contributed by atoms with van der Waals surface area (Å²) in [5, 5.41) is 12.9. The monoisotopic (exact) mass is 569 g/mol. The van der Waals surface area contributed by atoms with Gasteiger partial charge in [-0.05, 0) is 59.0 Å². The first-order chi connectivity index (χ1) is 11.6. The van der Waals surface area contributed by atoms with Gasteiger partial charge in [0.25, 0.3) is 0 Å². The Morgan fingerprint density at radius 1 is 1.24 bits per heavy atom. The zero-order valence-corrected chi connectivity index (χ0v) is 18.2. The average Bonchev–Trinajstić information content (AvgIpc) is 2.59. The van der Waals surface area contributed by atoms with Crippen molar-refractivity contribution >= 4 is 58.2 Å². The van der Waals surface area contributed by atoms with Gasteiger partial charge in [-0.3, -0.25) is 4.99 Å². The molecular formula is C17H21I2N3O3. The van der Waals surface area contributed by atoms with Crippen LogP contribution in [0.3, 0.4) is 0 Å². The van der Waals surface area contributed by atoms with Gasteiger partial charge in [-0.25, -0.2) is 0 Å². The molecule has 0 aromatic heterocycles. The SMILES string of the molecule is COc1cccc(NC(N)=NCC(O)COc2ccc(I)cc2)c1.I. The Bertz CT molecular complexity index is 681. The highest BCUT2D eigenvalue weighted by Gasteiger charge is 2.05. The van der Waals surface area contributed by atoms with Crippen molar-refractivity contribution in [1.82, 2.24) is 0 Å². The summed E-state index contributed by atoms with van der Waals surface area (Å²) in [6, 6.07) is 14.9. The van der Waals surface area contributed by atoms with Crippen molar-refractivity contribution in [2.24, 2.45) is 10.7 Å². The summed E-state index contributed by atoms with van der Waals surface area (Å²) >= 11 is 2.22. The summed E-state index contributed by atoms with van der Waals surface area (Å²) in [5.74, 6) is 1.65. The minimum atomic E-state index is -0.741. The maximum absolute atomic E-state index is 9.93. The molecule has 0 aliphatic rings. The Morgan fingerprint density at radius 3 is 2.64 bits per heavy atom. The van der Waals surface area contributed by atoms with E-state index in [-0.39, 0.29) is 43.1 Å². The first-order valence-corrected chi connectivity index (χ1v) is 8.42. The Balaban J connectivity index is 0.00000312. The van der Waals surface area contributed by atoms with Crippen LogP contribution >= 0.6 is 46.6 Å². The Hall–Kier alpha value is -1.27. The van der Waals surface area contributed by atoms with Crippen LogP contribution in [0.4, 0.5) is 5.69 Å². The van der Waals surface area contributed by atoms with Crippen LogP contribution in [0.2, 0.25) is 0 Å². The molecule has 4 N–H and O–H groups in total. The summed E-state index contributed by atoms with van der Waals surface area (Å²) in [6.07, 6.45) is -0.741. The number of nitrogens with zero attached hydrogens (tertiary/aromatic N) is 1. The van der Waals surface area contributed by atoms with Crippen molar-refractivity contribution in [3.05, 3.63) is 52.1 Å². The predicted octanol–water partition coefficient (Wildman–Crippen LogP) is 3.08. The normalized spacial score (nSPS) is 12.0. The van der Waals surface area contributed by atoms with Gasteiger partial charge in [-0.15, -0.1) is 24.0 Å². The second-order valence-electron chi connectivity index (χ2n) is 5.00. The van der Waals surface area contributed by atoms with E-state index in [4.69, 9.17) is 15.2 Å². The van der Waals surface area contributed by atoms with E-state index >= 15 is 0 Å². The molecule has 0 radical (unpaired) electrons. The molecule has 136 valence electrons. The van der Waals surface area contributed by atoms with Crippen LogP contribution in [0.1, 0.15) is 0 Å². The van der Waals surface area contributed by atoms with Crippen LogP contribution in [-0.4, -0.2) is 37.4 Å². The standard InChI is InChI=1S/C17H20IN3O3.HI/c1-23-16-4-2-3-13(9-16)21-17(19)20-10-14(22)11-24-15-7-5-12(18)6-8-15;/h2-9,14,22H,10-11H2,1H3,(H3,19,20,21);1H. The van der Waals surface area contributed by atoms with Gasteiger partial charge in [0.1, 0.15) is 24.2 Å². The number of ether oxygens (including phenoxy) is 2. The van der Waals surface area contributed by atoms with Crippen LogP contribution in [0, 0.1) is 3.57 Å². The van der Waals surface area contributed by atoms with Gasteiger partial charge in [0.05, 0.1) is 13.7 Å². The molecule has 0 spiro atoms. The zero-order valence-electron chi connectivity index (χ0n) is 13.7. The number of rotatable bonds is 7. The second-order valence-corrected chi connectivity index (χ2v) is 6.25. The highest BCUT2D eigenvalue weighted by Crippen LogP contribution is 2.16. The molecule has 2 aromatic carbocycles. The molecule has 0 aliphatic heterocycles. The van der Waals surface area contributed by atoms with Gasteiger partial charge in [-0.2, -0.15) is 0 Å². The summed E-state index contributed by atoms with van der Waals surface area (Å²) < 4.78 is 11.8. The van der Waals surface area contributed by atoms with Gasteiger partial charge in [0.2, 0.25) is 0 Å². The number of aliphatic hydroxyl groups excluding tert-OH is 1. The lowest BCUT2D eigenvalue weighted by molar-refractivity contribution is 0.114. The van der Waals surface area contributed by atoms with Crippen molar-refractivity contribution in [1.29, 1.82) is 0 Å². The molecule has 1 atom stereocenters. The van der Waals surface area contributed by atoms with E-state index in [0.29, 0.717) is 5.75 Å². The van der Waals surface area contributed by atoms with Crippen molar-refractivity contribution < 1.29 is 14.6 Å². The van der Waals surface area contributed by atoms with Gasteiger partial charge in [0.15, 0.2) is 5.96 Å². The molecule has 0 aliphatic carbocycles. The first kappa shape index (κ1) is 21.8. The van der Waals surface area contributed by atoms with Crippen molar-refractivity contribution in [2.45, 2.75) is 6.10 Å². The number of aliphatic imine (C=N–C) groups is 1. The number of aliphatic hydroxyl groups is 1. The largest absolute Gasteiger partial charge is 0.497 e. The van der Waals surface area contributed by atoms with E-state index in [1.165, 1.54) is 0 Å². The van der Waals surface area contributed by atoms with E-state index in [0.717, 1.165) is 15.0 Å². The van der Waals surface area contributed by atoms with Crippen LogP contribution in [0.15, 0.2) is 53.5 Å². The van der Waals surface area contributed by atoms with E-state index in [9.17, 15) is 5.11 Å². The van der Waals surface area contributed by atoms with Crippen molar-refractivity contribution in [3.8, 4) is 11.5 Å². The molecule has 25 heavy (non-hydrogen) atoms. The molecule has 0 saturated heterocycles. The van der Waals surface area contributed by atoms with Crippen LogP contribution < -0.4 is 20.5 Å². The number of methoxy groups -OCH3 is 1. The third-order valence-corrected chi connectivity index (χ3v) is 3.79. The van der Waals surface area contributed by atoms with Gasteiger partial charge in [-0.1, -0.05) is 6.07 Å². The highest BCUT2D eigenvalue weighted by molar-refractivity contribution is 14.1. The minimum absolute atomic E-state index is 0. The molecule has 1 unspecified atom stereocenters. The summed E-state index contributed by atoms with van der Waals surface area (Å²) in [5.41, 5.74) is 6.58. The molecule has 0 fully saturated rings. The maximum Gasteiger partial charge on any atom is 0.193 e. The fraction of sp³-hybridized carbons (Fsp3) is 0.235. The van der Waals surface area contributed by atoms with Crippen molar-refractivity contribution in [2.75, 3.05) is 25.6 Å². The predicted molar refractivity (Wildman–Crippen MR) is 119 cm³/mol. The second kappa shape index (κ2) is 11.4. The number of guanidine groups is 1. The number of hydrogen-bond donors (Lipinski definition) is 3. The van der Waals surface area contributed by atoms with Gasteiger partial charge < -0.3 is 25.6 Å². The molecule has 0 heterocycles. The van der Waals surface area contributed by atoms with Crippen LogP contribution in [-0.2, 0) is 0 Å². The fourth-order valence-electron chi connectivity index (χ4n) is 1.87. The third kappa shape index (κ3) is 8.10. The Kier molecular flexibility index (Phi) is 9.90. The molecule has 0 bridgehead atoms. The fourth-order valence-corrected chi connectivity index (χ4v) is 2.23. The molecule has 8 heteroatoms. The summed E-state index contributed by atoms with van der Waals surface area (Å²) in [7, 11) is 1.60. The lowest BCUT2D eigenvalue weighted by Crippen LogP contribution is -2.27. The molecule has 2 aromatic rings. The topological polar surface area (TPSA) is 89.1 Å². The minimum Gasteiger partial charge on any atom is -0.497 e. The number of halogens is 2.